The van der Waals surface area contributed by atoms with Gasteiger partial charge in [0.15, 0.2) is 0 Å². The van der Waals surface area contributed by atoms with Gasteiger partial charge >= 0.3 is 5.97 Å². The molecule has 0 bridgehead atoms. The molecule has 0 spiro atoms. The van der Waals surface area contributed by atoms with Gasteiger partial charge in [-0.2, -0.15) is 0 Å². The number of aromatic nitrogens is 4. The van der Waals surface area contributed by atoms with Crippen LogP contribution in [0.25, 0.3) is 5.69 Å². The predicted octanol–water partition coefficient (Wildman–Crippen LogP) is -0.289. The van der Waals surface area contributed by atoms with Crippen LogP contribution in [0.2, 0.25) is 0 Å². The number of amides is 1. The van der Waals surface area contributed by atoms with E-state index in [4.69, 9.17) is 10.8 Å². The minimum absolute atomic E-state index is 0.433. The van der Waals surface area contributed by atoms with E-state index in [0.29, 0.717) is 11.4 Å². The van der Waals surface area contributed by atoms with Crippen LogP contribution in [0.1, 0.15) is 12.0 Å². The van der Waals surface area contributed by atoms with Crippen LogP contribution in [0, 0.1) is 6.92 Å². The summed E-state index contributed by atoms with van der Waals surface area (Å²) in [6, 6.07) is 4.14. The Bertz CT molecular complexity index is 655. The molecular weight excluding hydrogens is 276 g/mol. The monoisotopic (exact) mass is 290 g/mol. The van der Waals surface area contributed by atoms with Crippen molar-refractivity contribution in [2.24, 2.45) is 5.73 Å². The average molecular weight is 290 g/mol. The molecule has 1 unspecified atom stereocenters. The van der Waals surface area contributed by atoms with E-state index < -0.39 is 24.3 Å². The van der Waals surface area contributed by atoms with E-state index in [2.05, 4.69) is 20.8 Å². The standard InChI is InChI=1S/C12H14N6O3/c1-7-2-3-8(18-6-14-16-17-18)4-10(7)15-12(21)9(13)5-11(19)20/h2-4,6,9H,5,13H2,1H3,(H,15,21)(H,19,20). The van der Waals surface area contributed by atoms with Gasteiger partial charge in [-0.15, -0.1) is 5.10 Å². The minimum atomic E-state index is -1.13. The summed E-state index contributed by atoms with van der Waals surface area (Å²) in [5.74, 6) is -1.69. The number of nitrogens with two attached hydrogens (primary N) is 1. The molecule has 2 aromatic rings. The molecule has 0 fully saturated rings. The van der Waals surface area contributed by atoms with Crippen LogP contribution in [-0.2, 0) is 9.59 Å². The molecule has 110 valence electrons. The summed E-state index contributed by atoms with van der Waals surface area (Å²) in [5.41, 5.74) is 7.51. The molecule has 1 atom stereocenters. The van der Waals surface area contributed by atoms with E-state index in [1.807, 2.05) is 6.92 Å². The molecule has 2 rings (SSSR count). The number of nitrogens with one attached hydrogen (secondary N) is 1. The lowest BCUT2D eigenvalue weighted by Gasteiger charge is -2.13. The SMILES string of the molecule is Cc1ccc(-n2cnnn2)cc1NC(=O)C(N)CC(=O)O. The number of tetrazole rings is 1. The lowest BCUT2D eigenvalue weighted by atomic mass is 10.1. The molecule has 9 heteroatoms. The van der Waals surface area contributed by atoms with Crippen LogP contribution in [0.4, 0.5) is 5.69 Å². The largest absolute Gasteiger partial charge is 0.481 e. The Balaban J connectivity index is 2.18. The fourth-order valence-electron chi connectivity index (χ4n) is 1.67. The molecule has 0 radical (unpaired) electrons. The van der Waals surface area contributed by atoms with Gasteiger partial charge in [0.05, 0.1) is 18.2 Å². The molecule has 1 heterocycles. The first kappa shape index (κ1) is 14.6. The maximum Gasteiger partial charge on any atom is 0.305 e. The molecule has 0 aliphatic heterocycles. The number of carbonyl (C=O) groups is 2. The van der Waals surface area contributed by atoms with Crippen LogP contribution in [0.3, 0.4) is 0 Å². The summed E-state index contributed by atoms with van der Waals surface area (Å²) in [6.07, 6.45) is 0.990. The van der Waals surface area contributed by atoms with E-state index in [0.717, 1.165) is 5.56 Å². The number of aliphatic carboxylic acids is 1. The average Bonchev–Trinajstić information content (AvgIpc) is 2.94. The zero-order valence-electron chi connectivity index (χ0n) is 11.2. The van der Waals surface area contributed by atoms with Crippen LogP contribution in [-0.4, -0.2) is 43.2 Å². The molecule has 0 aliphatic carbocycles. The van der Waals surface area contributed by atoms with Gasteiger partial charge in [-0.1, -0.05) is 6.07 Å². The highest BCUT2D eigenvalue weighted by Crippen LogP contribution is 2.19. The quantitative estimate of drug-likeness (QED) is 0.688. The van der Waals surface area contributed by atoms with Crippen molar-refractivity contribution < 1.29 is 14.7 Å². The van der Waals surface area contributed by atoms with E-state index >= 15 is 0 Å². The van der Waals surface area contributed by atoms with Crippen molar-refractivity contribution in [3.63, 3.8) is 0 Å². The van der Waals surface area contributed by atoms with Gasteiger partial charge in [-0.25, -0.2) is 4.68 Å². The second kappa shape index (κ2) is 6.09. The number of nitrogens with zero attached hydrogens (tertiary/aromatic N) is 4. The van der Waals surface area contributed by atoms with Gasteiger partial charge < -0.3 is 16.2 Å². The Morgan fingerprint density at radius 1 is 1.48 bits per heavy atom. The number of hydrogen-bond acceptors (Lipinski definition) is 6. The van der Waals surface area contributed by atoms with Gasteiger partial charge in [-0.3, -0.25) is 9.59 Å². The van der Waals surface area contributed by atoms with Gasteiger partial charge in [0.1, 0.15) is 6.33 Å². The molecule has 0 saturated heterocycles. The van der Waals surface area contributed by atoms with Crippen LogP contribution >= 0.6 is 0 Å². The summed E-state index contributed by atoms with van der Waals surface area (Å²) in [5, 5.41) is 22.1. The molecule has 0 saturated carbocycles. The number of carboxylic acid groups (broad SMARTS) is 1. The minimum Gasteiger partial charge on any atom is -0.481 e. The Kier molecular flexibility index (Phi) is 4.24. The summed E-state index contributed by atoms with van der Waals surface area (Å²) in [7, 11) is 0. The Morgan fingerprint density at radius 3 is 2.86 bits per heavy atom. The zero-order chi connectivity index (χ0) is 15.4. The van der Waals surface area contributed by atoms with Crippen molar-refractivity contribution in [1.82, 2.24) is 20.2 Å². The number of aryl methyl sites for hydroxylation is 1. The highest BCUT2D eigenvalue weighted by molar-refractivity contribution is 5.97. The first-order chi connectivity index (χ1) is 9.97. The van der Waals surface area contributed by atoms with Gasteiger partial charge in [-0.05, 0) is 35.0 Å². The lowest BCUT2D eigenvalue weighted by Crippen LogP contribution is -2.37. The summed E-state index contributed by atoms with van der Waals surface area (Å²) in [4.78, 5) is 22.4. The molecule has 4 N–H and O–H groups in total. The number of carbonyl (C=O) groups excluding carboxylic acids is 1. The normalized spacial score (nSPS) is 11.9. The summed E-state index contributed by atoms with van der Waals surface area (Å²) in [6.45, 7) is 1.81. The van der Waals surface area contributed by atoms with Gasteiger partial charge in [0, 0.05) is 5.69 Å². The highest BCUT2D eigenvalue weighted by Gasteiger charge is 2.18. The highest BCUT2D eigenvalue weighted by atomic mass is 16.4. The number of hydrogen-bond donors (Lipinski definition) is 3. The van der Waals surface area contributed by atoms with Gasteiger partial charge in [0.2, 0.25) is 5.91 Å². The number of rotatable bonds is 5. The predicted molar refractivity (Wildman–Crippen MR) is 72.7 cm³/mol. The summed E-state index contributed by atoms with van der Waals surface area (Å²) >= 11 is 0. The second-order valence-corrected chi connectivity index (χ2v) is 4.45. The van der Waals surface area contributed by atoms with Crippen LogP contribution in [0.5, 0.6) is 0 Å². The fraction of sp³-hybridized carbons (Fsp3) is 0.250. The molecule has 0 aliphatic rings. The van der Waals surface area contributed by atoms with Gasteiger partial charge in [0.25, 0.3) is 0 Å². The maximum atomic E-state index is 11.9. The van der Waals surface area contributed by atoms with Crippen molar-refractivity contribution >= 4 is 17.6 Å². The molecule has 1 aromatic heterocycles. The van der Waals surface area contributed by atoms with Crippen molar-refractivity contribution in [2.45, 2.75) is 19.4 Å². The van der Waals surface area contributed by atoms with E-state index in [1.165, 1.54) is 11.0 Å². The third-order valence-electron chi connectivity index (χ3n) is 2.82. The van der Waals surface area contributed by atoms with Crippen molar-refractivity contribution in [2.75, 3.05) is 5.32 Å². The summed E-state index contributed by atoms with van der Waals surface area (Å²) < 4.78 is 1.44. The lowest BCUT2D eigenvalue weighted by molar-refractivity contribution is -0.138. The smallest absolute Gasteiger partial charge is 0.305 e. The topological polar surface area (TPSA) is 136 Å². The maximum absolute atomic E-state index is 11.9. The molecule has 1 aromatic carbocycles. The third kappa shape index (κ3) is 3.60. The Labute approximate surface area is 119 Å². The molecular formula is C12H14N6O3. The molecule has 21 heavy (non-hydrogen) atoms. The number of carboxylic acids is 1. The molecule has 9 nitrogen and oxygen atoms in total. The molecule has 1 amide bonds. The zero-order valence-corrected chi connectivity index (χ0v) is 11.2. The fourth-order valence-corrected chi connectivity index (χ4v) is 1.67. The van der Waals surface area contributed by atoms with Crippen molar-refractivity contribution in [1.29, 1.82) is 0 Å². The van der Waals surface area contributed by atoms with Crippen LogP contribution in [0.15, 0.2) is 24.5 Å². The number of anilines is 1. The third-order valence-corrected chi connectivity index (χ3v) is 2.82. The Morgan fingerprint density at radius 2 is 2.24 bits per heavy atom. The van der Waals surface area contributed by atoms with Crippen molar-refractivity contribution in [3.05, 3.63) is 30.1 Å². The second-order valence-electron chi connectivity index (χ2n) is 4.45. The first-order valence-electron chi connectivity index (χ1n) is 6.09. The van der Waals surface area contributed by atoms with E-state index in [1.54, 1.807) is 18.2 Å². The van der Waals surface area contributed by atoms with Crippen molar-refractivity contribution in [3.8, 4) is 5.69 Å². The van der Waals surface area contributed by atoms with E-state index in [-0.39, 0.29) is 0 Å². The first-order valence-corrected chi connectivity index (χ1v) is 6.09. The van der Waals surface area contributed by atoms with E-state index in [9.17, 15) is 9.59 Å². The Hall–Kier alpha value is -2.81. The van der Waals surface area contributed by atoms with Crippen LogP contribution < -0.4 is 11.1 Å². The number of benzene rings is 1.